The number of rotatable bonds is 6. The zero-order valence-electron chi connectivity index (χ0n) is 16.0. The second kappa shape index (κ2) is 9.41. The van der Waals surface area contributed by atoms with Crippen molar-refractivity contribution in [3.05, 3.63) is 95.6 Å². The van der Waals surface area contributed by atoms with Gasteiger partial charge in [-0.15, -0.1) is 0 Å². The Hall–Kier alpha value is -3.09. The molecule has 0 saturated carbocycles. The molecule has 1 aromatic heterocycles. The van der Waals surface area contributed by atoms with Crippen LogP contribution in [0.2, 0.25) is 0 Å². The number of aliphatic hydroxyl groups is 2. The highest BCUT2D eigenvalue weighted by molar-refractivity contribution is 7.81. The molecule has 0 saturated heterocycles. The van der Waals surface area contributed by atoms with Crippen molar-refractivity contribution in [1.82, 2.24) is 0 Å². The van der Waals surface area contributed by atoms with Crippen LogP contribution in [0.3, 0.4) is 0 Å². The Morgan fingerprint density at radius 3 is 2.41 bits per heavy atom. The van der Waals surface area contributed by atoms with Gasteiger partial charge in [0.2, 0.25) is 0 Å². The van der Waals surface area contributed by atoms with E-state index in [9.17, 15) is 14.6 Å². The molecule has 0 atom stereocenters. The number of aromatic nitrogens is 1. The molecule has 0 spiro atoms. The van der Waals surface area contributed by atoms with Crippen molar-refractivity contribution in [3.8, 4) is 0 Å². The summed E-state index contributed by atoms with van der Waals surface area (Å²) in [4.78, 5) is 0.146. The van der Waals surface area contributed by atoms with E-state index >= 15 is 0 Å². The SMILES string of the molecule is CCc1ccc(C(O)=C(C(=S)Nc2ccccc2F)[n+]2cccc(CO)c2)cc1. The van der Waals surface area contributed by atoms with E-state index in [0.717, 1.165) is 12.0 Å². The molecule has 0 aliphatic rings. The van der Waals surface area contributed by atoms with Crippen molar-refractivity contribution in [2.45, 2.75) is 20.0 Å². The molecule has 3 N–H and O–H groups in total. The summed E-state index contributed by atoms with van der Waals surface area (Å²) in [7, 11) is 0. The fourth-order valence-electron chi connectivity index (χ4n) is 2.88. The molecule has 1 heterocycles. The van der Waals surface area contributed by atoms with Gasteiger partial charge in [0.1, 0.15) is 5.82 Å². The molecule has 0 aliphatic carbocycles. The zero-order chi connectivity index (χ0) is 20.8. The summed E-state index contributed by atoms with van der Waals surface area (Å²) in [6, 6.07) is 17.2. The number of hydrogen-bond donors (Lipinski definition) is 3. The summed E-state index contributed by atoms with van der Waals surface area (Å²) in [5, 5.41) is 23.4. The van der Waals surface area contributed by atoms with Gasteiger partial charge in [-0.25, -0.2) is 4.39 Å². The van der Waals surface area contributed by atoms with E-state index in [1.807, 2.05) is 24.3 Å². The Kier molecular flexibility index (Phi) is 6.69. The third kappa shape index (κ3) is 4.85. The van der Waals surface area contributed by atoms with Crippen LogP contribution in [0.25, 0.3) is 11.5 Å². The van der Waals surface area contributed by atoms with Gasteiger partial charge in [0.15, 0.2) is 23.1 Å². The topological polar surface area (TPSA) is 56.4 Å². The van der Waals surface area contributed by atoms with Crippen LogP contribution in [0, 0.1) is 5.82 Å². The number of pyridine rings is 1. The van der Waals surface area contributed by atoms with Crippen molar-refractivity contribution >= 4 is 34.3 Å². The molecule has 0 fully saturated rings. The largest absolute Gasteiger partial charge is 0.502 e. The minimum Gasteiger partial charge on any atom is -0.502 e. The van der Waals surface area contributed by atoms with Crippen LogP contribution in [0.4, 0.5) is 10.1 Å². The molecule has 4 nitrogen and oxygen atoms in total. The van der Waals surface area contributed by atoms with Crippen LogP contribution >= 0.6 is 12.2 Å². The first-order chi connectivity index (χ1) is 14.0. The number of benzene rings is 2. The first-order valence-corrected chi connectivity index (χ1v) is 9.64. The highest BCUT2D eigenvalue weighted by Gasteiger charge is 2.25. The average Bonchev–Trinajstić information content (AvgIpc) is 2.75. The summed E-state index contributed by atoms with van der Waals surface area (Å²) in [6.45, 7) is 1.90. The van der Waals surface area contributed by atoms with E-state index in [4.69, 9.17) is 12.2 Å². The van der Waals surface area contributed by atoms with E-state index in [2.05, 4.69) is 12.2 Å². The van der Waals surface area contributed by atoms with Crippen LogP contribution in [-0.2, 0) is 13.0 Å². The monoisotopic (exact) mass is 409 g/mol. The van der Waals surface area contributed by atoms with E-state index in [1.165, 1.54) is 6.07 Å². The van der Waals surface area contributed by atoms with Crippen molar-refractivity contribution in [1.29, 1.82) is 0 Å². The quantitative estimate of drug-likeness (QED) is 0.243. The van der Waals surface area contributed by atoms with Crippen molar-refractivity contribution in [3.63, 3.8) is 0 Å². The molecule has 148 valence electrons. The third-order valence-corrected chi connectivity index (χ3v) is 4.80. The van der Waals surface area contributed by atoms with Crippen LogP contribution in [0.5, 0.6) is 0 Å². The second-order valence-corrected chi connectivity index (χ2v) is 6.87. The number of para-hydroxylation sites is 1. The molecular formula is C23H22FN2O2S+. The lowest BCUT2D eigenvalue weighted by Crippen LogP contribution is -2.39. The van der Waals surface area contributed by atoms with Crippen molar-refractivity contribution in [2.24, 2.45) is 0 Å². The van der Waals surface area contributed by atoms with Gasteiger partial charge in [0, 0.05) is 17.2 Å². The van der Waals surface area contributed by atoms with Crippen LogP contribution < -0.4 is 9.88 Å². The molecule has 3 aromatic rings. The van der Waals surface area contributed by atoms with Crippen molar-refractivity contribution < 1.29 is 19.2 Å². The Morgan fingerprint density at radius 1 is 1.03 bits per heavy atom. The molecule has 2 aromatic carbocycles. The zero-order valence-corrected chi connectivity index (χ0v) is 16.8. The standard InChI is InChI=1S/C23H21FN2O2S/c1-2-16-9-11-18(12-10-16)22(28)21(26-13-5-6-17(14-26)15-27)23(29)25-20-8-4-3-7-19(20)24/h3-14,27H,2,15H2,1H3,(H-,25,28,29)/p+1. The fourth-order valence-corrected chi connectivity index (χ4v) is 3.19. The maximum Gasteiger partial charge on any atom is 0.288 e. The number of nitrogens with zero attached hydrogens (tertiary/aromatic N) is 1. The van der Waals surface area contributed by atoms with E-state index in [-0.39, 0.29) is 28.7 Å². The van der Waals surface area contributed by atoms with E-state index in [0.29, 0.717) is 11.1 Å². The molecule has 0 radical (unpaired) electrons. The number of aliphatic hydroxyl groups excluding tert-OH is 2. The van der Waals surface area contributed by atoms with Gasteiger partial charge in [-0.2, -0.15) is 4.57 Å². The summed E-state index contributed by atoms with van der Waals surface area (Å²) in [5.41, 5.74) is 2.86. The van der Waals surface area contributed by atoms with Crippen LogP contribution in [0.1, 0.15) is 23.6 Å². The summed E-state index contributed by atoms with van der Waals surface area (Å²) < 4.78 is 15.7. The minimum absolute atomic E-state index is 0.0541. The lowest BCUT2D eigenvalue weighted by molar-refractivity contribution is -0.576. The number of halogens is 1. The third-order valence-electron chi connectivity index (χ3n) is 4.50. The number of thiocarbonyl (C=S) groups is 1. The molecule has 3 rings (SSSR count). The number of nitrogens with one attached hydrogen (secondary N) is 1. The Balaban J connectivity index is 2.09. The van der Waals surface area contributed by atoms with Gasteiger partial charge in [-0.1, -0.05) is 55.5 Å². The maximum atomic E-state index is 14.1. The maximum absolute atomic E-state index is 14.1. The number of anilines is 1. The summed E-state index contributed by atoms with van der Waals surface area (Å²) in [5.74, 6) is -0.503. The molecule has 0 bridgehead atoms. The first kappa shape index (κ1) is 20.6. The van der Waals surface area contributed by atoms with Crippen LogP contribution in [0.15, 0.2) is 73.1 Å². The average molecular weight is 410 g/mol. The molecule has 0 unspecified atom stereocenters. The predicted molar refractivity (Wildman–Crippen MR) is 117 cm³/mol. The lowest BCUT2D eigenvalue weighted by Gasteiger charge is -2.11. The first-order valence-electron chi connectivity index (χ1n) is 9.23. The van der Waals surface area contributed by atoms with Crippen LogP contribution in [-0.4, -0.2) is 15.2 Å². The van der Waals surface area contributed by atoms with Gasteiger partial charge in [-0.05, 0) is 30.2 Å². The predicted octanol–water partition coefficient (Wildman–Crippen LogP) is 4.49. The van der Waals surface area contributed by atoms with Crippen molar-refractivity contribution in [2.75, 3.05) is 5.32 Å². The van der Waals surface area contributed by atoms with Gasteiger partial charge in [0.25, 0.3) is 5.70 Å². The van der Waals surface area contributed by atoms with Gasteiger partial charge >= 0.3 is 0 Å². The van der Waals surface area contributed by atoms with E-state index < -0.39 is 5.82 Å². The molecule has 6 heteroatoms. The summed E-state index contributed by atoms with van der Waals surface area (Å²) in [6.07, 6.45) is 4.26. The molecular weight excluding hydrogens is 387 g/mol. The molecule has 0 aliphatic heterocycles. The molecule has 0 amide bonds. The van der Waals surface area contributed by atoms with Gasteiger partial charge < -0.3 is 15.5 Å². The highest BCUT2D eigenvalue weighted by Crippen LogP contribution is 2.21. The summed E-state index contributed by atoms with van der Waals surface area (Å²) >= 11 is 5.52. The highest BCUT2D eigenvalue weighted by atomic mass is 32.1. The number of aryl methyl sites for hydroxylation is 1. The Bertz CT molecular complexity index is 1050. The van der Waals surface area contributed by atoms with E-state index in [1.54, 1.807) is 47.3 Å². The number of hydrogen-bond acceptors (Lipinski definition) is 3. The smallest absolute Gasteiger partial charge is 0.288 e. The second-order valence-electron chi connectivity index (χ2n) is 6.46. The normalized spacial score (nSPS) is 11.7. The van der Waals surface area contributed by atoms with Gasteiger partial charge in [0.05, 0.1) is 12.3 Å². The lowest BCUT2D eigenvalue weighted by atomic mass is 10.1. The Labute approximate surface area is 174 Å². The fraction of sp³-hybridized carbons (Fsp3) is 0.130. The minimum atomic E-state index is -0.449. The Morgan fingerprint density at radius 2 is 1.76 bits per heavy atom. The molecule has 29 heavy (non-hydrogen) atoms. The van der Waals surface area contributed by atoms with Gasteiger partial charge in [-0.3, -0.25) is 0 Å².